The summed E-state index contributed by atoms with van der Waals surface area (Å²) in [6.07, 6.45) is 0.760. The largest absolute Gasteiger partial charge is 0.464 e. The highest BCUT2D eigenvalue weighted by Crippen LogP contribution is 2.08. The van der Waals surface area contributed by atoms with E-state index in [9.17, 15) is 14.7 Å². The lowest BCUT2D eigenvalue weighted by atomic mass is 10.1. The summed E-state index contributed by atoms with van der Waals surface area (Å²) in [7, 11) is 0. The lowest BCUT2D eigenvalue weighted by molar-refractivity contribution is -0.145. The van der Waals surface area contributed by atoms with Gasteiger partial charge in [0.2, 0.25) is 6.08 Å². The van der Waals surface area contributed by atoms with Crippen LogP contribution in [-0.4, -0.2) is 42.7 Å². The second-order valence-electron chi connectivity index (χ2n) is 2.98. The van der Waals surface area contributed by atoms with Crippen LogP contribution in [0.25, 0.3) is 0 Å². The van der Waals surface area contributed by atoms with Gasteiger partial charge in [-0.3, -0.25) is 0 Å². The quantitative estimate of drug-likeness (QED) is 0.282. The molecule has 6 nitrogen and oxygen atoms in total. The van der Waals surface area contributed by atoms with Gasteiger partial charge in [-0.2, -0.15) is 4.99 Å². The second-order valence-corrected chi connectivity index (χ2v) is 2.98. The van der Waals surface area contributed by atoms with E-state index in [0.29, 0.717) is 6.61 Å². The van der Waals surface area contributed by atoms with Gasteiger partial charge in [-0.05, 0) is 20.3 Å². The molecule has 0 aliphatic rings. The SMILES string of the molecule is CCOC(=O)C(CCC(O)OCC)N=C=O. The molecule has 0 amide bonds. The predicted molar refractivity (Wildman–Crippen MR) is 55.4 cm³/mol. The molecule has 92 valence electrons. The molecule has 0 saturated heterocycles. The average molecular weight is 231 g/mol. The molecule has 0 rings (SSSR count). The Hall–Kier alpha value is -1.23. The molecule has 0 fully saturated rings. The molecule has 0 spiro atoms. The summed E-state index contributed by atoms with van der Waals surface area (Å²) in [6.45, 7) is 4.00. The topological polar surface area (TPSA) is 85.2 Å². The van der Waals surface area contributed by atoms with Crippen LogP contribution in [0.15, 0.2) is 4.99 Å². The summed E-state index contributed by atoms with van der Waals surface area (Å²) in [6, 6.07) is -0.910. The Balaban J connectivity index is 4.13. The molecule has 6 heteroatoms. The van der Waals surface area contributed by atoms with E-state index in [1.165, 1.54) is 6.08 Å². The Labute approximate surface area is 94.3 Å². The van der Waals surface area contributed by atoms with Crippen molar-refractivity contribution in [2.45, 2.75) is 39.0 Å². The van der Waals surface area contributed by atoms with E-state index in [0.717, 1.165) is 0 Å². The fraction of sp³-hybridized carbons (Fsp3) is 0.800. The van der Waals surface area contributed by atoms with Crippen molar-refractivity contribution in [3.8, 4) is 0 Å². The Morgan fingerprint density at radius 3 is 2.56 bits per heavy atom. The Morgan fingerprint density at radius 1 is 1.38 bits per heavy atom. The summed E-state index contributed by atoms with van der Waals surface area (Å²) in [5.74, 6) is -0.588. The molecule has 0 aliphatic heterocycles. The van der Waals surface area contributed by atoms with Crippen LogP contribution in [0.1, 0.15) is 26.7 Å². The van der Waals surface area contributed by atoms with E-state index in [2.05, 4.69) is 4.99 Å². The Bertz CT molecular complexity index is 250. The van der Waals surface area contributed by atoms with E-state index < -0.39 is 18.3 Å². The first kappa shape index (κ1) is 14.8. The third-order valence-corrected chi connectivity index (χ3v) is 1.81. The number of isocyanates is 1. The minimum atomic E-state index is -0.955. The van der Waals surface area contributed by atoms with Gasteiger partial charge in [0.1, 0.15) is 0 Å². The van der Waals surface area contributed by atoms with Crippen molar-refractivity contribution in [1.82, 2.24) is 0 Å². The van der Waals surface area contributed by atoms with E-state index in [1.807, 2.05) is 0 Å². The van der Waals surface area contributed by atoms with Crippen LogP contribution >= 0.6 is 0 Å². The van der Waals surface area contributed by atoms with E-state index in [-0.39, 0.29) is 19.4 Å². The second kappa shape index (κ2) is 9.03. The average Bonchev–Trinajstić information content (AvgIpc) is 2.24. The molecule has 2 unspecified atom stereocenters. The summed E-state index contributed by atoms with van der Waals surface area (Å²) in [5, 5.41) is 9.26. The fourth-order valence-electron chi connectivity index (χ4n) is 1.11. The first-order chi connectivity index (χ1) is 7.65. The van der Waals surface area contributed by atoms with Gasteiger partial charge in [-0.25, -0.2) is 9.59 Å². The number of aliphatic hydroxyl groups is 1. The standard InChI is InChI=1S/C10H17NO5/c1-3-15-9(13)6-5-8(11-7-12)10(14)16-4-2/h8-9,13H,3-6H2,1-2H3. The van der Waals surface area contributed by atoms with Gasteiger partial charge in [-0.1, -0.05) is 0 Å². The third-order valence-electron chi connectivity index (χ3n) is 1.81. The summed E-state index contributed by atoms with van der Waals surface area (Å²) in [5.41, 5.74) is 0. The monoisotopic (exact) mass is 231 g/mol. The lowest BCUT2D eigenvalue weighted by Crippen LogP contribution is -2.24. The Morgan fingerprint density at radius 2 is 2.06 bits per heavy atom. The summed E-state index contributed by atoms with van der Waals surface area (Å²) in [4.78, 5) is 24.7. The zero-order valence-corrected chi connectivity index (χ0v) is 9.51. The minimum absolute atomic E-state index is 0.190. The molecule has 0 aromatic carbocycles. The van der Waals surface area contributed by atoms with Gasteiger partial charge in [-0.15, -0.1) is 0 Å². The van der Waals surface area contributed by atoms with E-state index >= 15 is 0 Å². The number of esters is 1. The van der Waals surface area contributed by atoms with Crippen LogP contribution in [-0.2, 0) is 19.1 Å². The molecule has 0 saturated carbocycles. The van der Waals surface area contributed by atoms with Crippen LogP contribution in [0.4, 0.5) is 0 Å². The predicted octanol–water partition coefficient (Wildman–Crippen LogP) is 0.389. The highest BCUT2D eigenvalue weighted by molar-refractivity contribution is 5.76. The lowest BCUT2D eigenvalue weighted by Gasteiger charge is -2.13. The number of ether oxygens (including phenoxy) is 2. The van der Waals surface area contributed by atoms with Crippen molar-refractivity contribution in [3.05, 3.63) is 0 Å². The fourth-order valence-corrected chi connectivity index (χ4v) is 1.11. The van der Waals surface area contributed by atoms with Crippen molar-refractivity contribution in [3.63, 3.8) is 0 Å². The molecule has 0 aromatic heterocycles. The maximum atomic E-state index is 11.3. The van der Waals surface area contributed by atoms with Crippen LogP contribution in [0.2, 0.25) is 0 Å². The van der Waals surface area contributed by atoms with E-state index in [1.54, 1.807) is 13.8 Å². The molecule has 2 atom stereocenters. The van der Waals surface area contributed by atoms with Crippen molar-refractivity contribution < 1.29 is 24.2 Å². The smallest absolute Gasteiger partial charge is 0.331 e. The minimum Gasteiger partial charge on any atom is -0.464 e. The van der Waals surface area contributed by atoms with Gasteiger partial charge in [0, 0.05) is 13.0 Å². The maximum absolute atomic E-state index is 11.3. The van der Waals surface area contributed by atoms with Gasteiger partial charge < -0.3 is 14.6 Å². The van der Waals surface area contributed by atoms with Crippen molar-refractivity contribution in [1.29, 1.82) is 0 Å². The summed E-state index contributed by atoms with van der Waals surface area (Å²) < 4.78 is 9.59. The molecule has 0 aliphatic carbocycles. The molecule has 0 radical (unpaired) electrons. The number of carbonyl (C=O) groups is 1. The molecule has 0 aromatic rings. The van der Waals surface area contributed by atoms with Crippen molar-refractivity contribution in [2.75, 3.05) is 13.2 Å². The van der Waals surface area contributed by atoms with Crippen molar-refractivity contribution in [2.24, 2.45) is 4.99 Å². The number of aliphatic imine (C=N–C) groups is 1. The molecule has 0 heterocycles. The number of rotatable bonds is 8. The van der Waals surface area contributed by atoms with Crippen molar-refractivity contribution >= 4 is 12.0 Å². The van der Waals surface area contributed by atoms with Gasteiger partial charge in [0.05, 0.1) is 6.61 Å². The normalized spacial score (nSPS) is 13.7. The van der Waals surface area contributed by atoms with Crippen LogP contribution in [0, 0.1) is 0 Å². The third kappa shape index (κ3) is 6.29. The maximum Gasteiger partial charge on any atom is 0.331 e. The zero-order valence-electron chi connectivity index (χ0n) is 9.51. The van der Waals surface area contributed by atoms with E-state index in [4.69, 9.17) is 9.47 Å². The van der Waals surface area contributed by atoms with Gasteiger partial charge in [0.25, 0.3) is 0 Å². The van der Waals surface area contributed by atoms with Gasteiger partial charge in [0.15, 0.2) is 12.3 Å². The first-order valence-corrected chi connectivity index (χ1v) is 5.18. The molecule has 0 bridgehead atoms. The highest BCUT2D eigenvalue weighted by Gasteiger charge is 2.20. The number of carbonyl (C=O) groups excluding carboxylic acids is 2. The number of hydrogen-bond acceptors (Lipinski definition) is 6. The number of nitrogens with zero attached hydrogens (tertiary/aromatic N) is 1. The highest BCUT2D eigenvalue weighted by atomic mass is 16.6. The zero-order chi connectivity index (χ0) is 12.4. The molecule has 1 N–H and O–H groups in total. The molecular weight excluding hydrogens is 214 g/mol. The van der Waals surface area contributed by atoms with Crippen LogP contribution < -0.4 is 0 Å². The van der Waals surface area contributed by atoms with Gasteiger partial charge >= 0.3 is 5.97 Å². The number of hydrogen-bond donors (Lipinski definition) is 1. The summed E-state index contributed by atoms with van der Waals surface area (Å²) >= 11 is 0. The van der Waals surface area contributed by atoms with Crippen LogP contribution in [0.5, 0.6) is 0 Å². The molecular formula is C10H17NO5. The molecule has 16 heavy (non-hydrogen) atoms. The van der Waals surface area contributed by atoms with Crippen LogP contribution in [0.3, 0.4) is 0 Å². The first-order valence-electron chi connectivity index (χ1n) is 5.18. The Kier molecular flexibility index (Phi) is 8.34. The number of aliphatic hydroxyl groups excluding tert-OH is 1.